The van der Waals surface area contributed by atoms with Crippen LogP contribution in [0, 0.1) is 5.41 Å². The summed E-state index contributed by atoms with van der Waals surface area (Å²) in [6.07, 6.45) is 0. The molecule has 0 radical (unpaired) electrons. The van der Waals surface area contributed by atoms with E-state index in [0.717, 1.165) is 0 Å². The Morgan fingerprint density at radius 1 is 0.657 bits per heavy atom. The first-order chi connectivity index (χ1) is 16.7. The van der Waals surface area contributed by atoms with Gasteiger partial charge in [0.15, 0.2) is 5.41 Å². The molecular weight excluding hydrogens is 460 g/mol. The highest BCUT2D eigenvalue weighted by molar-refractivity contribution is 6.21. The minimum Gasteiger partial charge on any atom is -0.465 e. The van der Waals surface area contributed by atoms with E-state index in [9.17, 15) is 28.8 Å². The van der Waals surface area contributed by atoms with Gasteiger partial charge >= 0.3 is 24.0 Å². The van der Waals surface area contributed by atoms with E-state index < -0.39 is 53.3 Å². The van der Waals surface area contributed by atoms with Gasteiger partial charge in [-0.05, 0) is 35.4 Å². The molecule has 2 fully saturated rings. The van der Waals surface area contributed by atoms with Crippen LogP contribution in [0.4, 0.5) is 9.59 Å². The summed E-state index contributed by atoms with van der Waals surface area (Å²) in [6.45, 7) is 0. The number of esters is 2. The topological polar surface area (TPSA) is 169 Å². The van der Waals surface area contributed by atoms with E-state index in [4.69, 9.17) is 0 Å². The van der Waals surface area contributed by atoms with Crippen LogP contribution in [0.5, 0.6) is 0 Å². The van der Waals surface area contributed by atoms with E-state index in [1.165, 1.54) is 62.8 Å². The zero-order chi connectivity index (χ0) is 25.3. The molecule has 2 aromatic carbocycles. The second kappa shape index (κ2) is 8.89. The molecule has 12 nitrogen and oxygen atoms in total. The molecule has 4 N–H and O–H groups in total. The summed E-state index contributed by atoms with van der Waals surface area (Å²) in [5, 5.41) is 9.42. The second-order valence-electron chi connectivity index (χ2n) is 7.82. The Morgan fingerprint density at radius 2 is 1.03 bits per heavy atom. The molecule has 180 valence electrons. The first kappa shape index (κ1) is 23.4. The van der Waals surface area contributed by atoms with Crippen LogP contribution in [0.25, 0.3) is 0 Å². The highest BCUT2D eigenvalue weighted by Crippen LogP contribution is 2.48. The maximum Gasteiger partial charge on any atom is 0.337 e. The number of methoxy groups -OCH3 is 2. The van der Waals surface area contributed by atoms with Crippen molar-refractivity contribution in [2.75, 3.05) is 14.2 Å². The third-order valence-corrected chi connectivity index (χ3v) is 6.00. The van der Waals surface area contributed by atoms with Gasteiger partial charge < -0.3 is 20.1 Å². The van der Waals surface area contributed by atoms with Crippen LogP contribution in [0.15, 0.2) is 48.5 Å². The lowest BCUT2D eigenvalue weighted by atomic mass is 9.65. The van der Waals surface area contributed by atoms with Crippen molar-refractivity contribution in [2.45, 2.75) is 12.1 Å². The van der Waals surface area contributed by atoms with E-state index in [1.807, 2.05) is 0 Å². The molecule has 2 unspecified atom stereocenters. The average Bonchev–Trinajstić information content (AvgIpc) is 2.86. The van der Waals surface area contributed by atoms with Gasteiger partial charge in [0.05, 0.1) is 37.4 Å². The van der Waals surface area contributed by atoms with E-state index >= 15 is 0 Å². The fourth-order valence-electron chi connectivity index (χ4n) is 4.32. The number of imide groups is 2. The Balaban J connectivity index is 1.86. The molecule has 4 rings (SSSR count). The Hall–Kier alpha value is -4.74. The molecule has 2 saturated heterocycles. The first-order valence-electron chi connectivity index (χ1n) is 10.3. The summed E-state index contributed by atoms with van der Waals surface area (Å²) >= 11 is 0. The molecule has 35 heavy (non-hydrogen) atoms. The number of amides is 6. The van der Waals surface area contributed by atoms with Crippen LogP contribution < -0.4 is 21.3 Å². The summed E-state index contributed by atoms with van der Waals surface area (Å²) in [5.41, 5.74) is -0.977. The van der Waals surface area contributed by atoms with Crippen LogP contribution in [0.2, 0.25) is 0 Å². The molecule has 0 bridgehead atoms. The summed E-state index contributed by atoms with van der Waals surface area (Å²) in [4.78, 5) is 75.0. The maximum atomic E-state index is 13.4. The van der Waals surface area contributed by atoms with Gasteiger partial charge in [0.1, 0.15) is 0 Å². The van der Waals surface area contributed by atoms with E-state index in [0.29, 0.717) is 11.1 Å². The van der Waals surface area contributed by atoms with Gasteiger partial charge in [-0.3, -0.25) is 20.2 Å². The van der Waals surface area contributed by atoms with Gasteiger partial charge in [-0.1, -0.05) is 24.3 Å². The van der Waals surface area contributed by atoms with Crippen molar-refractivity contribution in [1.29, 1.82) is 0 Å². The first-order valence-corrected chi connectivity index (χ1v) is 10.3. The average molecular weight is 480 g/mol. The smallest absolute Gasteiger partial charge is 0.337 e. The van der Waals surface area contributed by atoms with Crippen LogP contribution in [-0.4, -0.2) is 50.0 Å². The predicted molar refractivity (Wildman–Crippen MR) is 117 cm³/mol. The van der Waals surface area contributed by atoms with Gasteiger partial charge in [-0.2, -0.15) is 0 Å². The van der Waals surface area contributed by atoms with Gasteiger partial charge in [0, 0.05) is 0 Å². The number of hydrogen-bond acceptors (Lipinski definition) is 8. The van der Waals surface area contributed by atoms with Crippen LogP contribution in [-0.2, 0) is 19.1 Å². The fraction of sp³-hybridized carbons (Fsp3) is 0.217. The molecule has 0 aliphatic carbocycles. The minimum absolute atomic E-state index is 0.216. The lowest BCUT2D eigenvalue weighted by Gasteiger charge is -2.48. The second-order valence-corrected chi connectivity index (χ2v) is 7.82. The number of benzene rings is 2. The van der Waals surface area contributed by atoms with Crippen molar-refractivity contribution in [3.8, 4) is 0 Å². The number of ether oxygens (including phenoxy) is 2. The normalized spacial score (nSPS) is 20.7. The van der Waals surface area contributed by atoms with Gasteiger partial charge in [0.2, 0.25) is 11.8 Å². The lowest BCUT2D eigenvalue weighted by molar-refractivity contribution is -0.150. The summed E-state index contributed by atoms with van der Waals surface area (Å²) < 4.78 is 9.37. The third-order valence-electron chi connectivity index (χ3n) is 6.00. The Kier molecular flexibility index (Phi) is 5.95. The number of barbiturate groups is 1. The number of carbonyl (C=O) groups excluding carboxylic acids is 6. The molecule has 2 aromatic rings. The van der Waals surface area contributed by atoms with E-state index in [2.05, 4.69) is 30.7 Å². The third kappa shape index (κ3) is 3.84. The van der Waals surface area contributed by atoms with Crippen molar-refractivity contribution < 1.29 is 38.2 Å². The van der Waals surface area contributed by atoms with Crippen molar-refractivity contribution in [1.82, 2.24) is 21.3 Å². The molecule has 1 spiro atoms. The SMILES string of the molecule is COC(=O)c1ccc(C2NC(=O)NC(c3ccc(C(=O)OC)cc3)C23C(=O)NC(=O)NC3=O)cc1. The Labute approximate surface area is 198 Å². The number of rotatable bonds is 4. The highest BCUT2D eigenvalue weighted by atomic mass is 16.5. The summed E-state index contributed by atoms with van der Waals surface area (Å²) in [6, 6.07) is 7.43. The molecule has 2 atom stereocenters. The fourth-order valence-corrected chi connectivity index (χ4v) is 4.32. The standard InChI is InChI=1S/C23H20N4O8/c1-34-17(28)13-7-3-11(4-8-13)15-23(19(30)26-22(33)27-20(23)31)16(25-21(32)24-15)12-5-9-14(10-6-12)18(29)35-2/h3-10,15-16H,1-2H3,(H2,24,25,32)(H2,26,27,30,31,33). The van der Waals surface area contributed by atoms with Gasteiger partial charge in [0.25, 0.3) is 0 Å². The van der Waals surface area contributed by atoms with Crippen molar-refractivity contribution in [2.24, 2.45) is 5.41 Å². The number of urea groups is 2. The monoisotopic (exact) mass is 480 g/mol. The molecule has 2 heterocycles. The molecule has 2 aliphatic rings. The Bertz CT molecular complexity index is 1150. The maximum absolute atomic E-state index is 13.4. The van der Waals surface area contributed by atoms with Gasteiger partial charge in [-0.25, -0.2) is 19.2 Å². The highest BCUT2D eigenvalue weighted by Gasteiger charge is 2.64. The largest absolute Gasteiger partial charge is 0.465 e. The number of nitrogens with one attached hydrogen (secondary N) is 4. The van der Waals surface area contributed by atoms with Crippen LogP contribution in [0.1, 0.15) is 43.9 Å². The molecule has 6 amide bonds. The Morgan fingerprint density at radius 3 is 1.37 bits per heavy atom. The number of hydrogen-bond donors (Lipinski definition) is 4. The van der Waals surface area contributed by atoms with Crippen LogP contribution >= 0.6 is 0 Å². The summed E-state index contributed by atoms with van der Waals surface area (Å²) in [5.74, 6) is -3.07. The molecular formula is C23H20N4O8. The molecule has 0 aromatic heterocycles. The zero-order valence-electron chi connectivity index (χ0n) is 18.5. The van der Waals surface area contributed by atoms with E-state index in [-0.39, 0.29) is 11.1 Å². The summed E-state index contributed by atoms with van der Waals surface area (Å²) in [7, 11) is 2.45. The van der Waals surface area contributed by atoms with Crippen LogP contribution in [0.3, 0.4) is 0 Å². The molecule has 12 heteroatoms. The quantitative estimate of drug-likeness (QED) is 0.366. The predicted octanol–water partition coefficient (Wildman–Crippen LogP) is 0.707. The van der Waals surface area contributed by atoms with Crippen molar-refractivity contribution >= 4 is 35.8 Å². The zero-order valence-corrected chi connectivity index (χ0v) is 18.5. The van der Waals surface area contributed by atoms with Crippen molar-refractivity contribution in [3.05, 3.63) is 70.8 Å². The van der Waals surface area contributed by atoms with Crippen molar-refractivity contribution in [3.63, 3.8) is 0 Å². The van der Waals surface area contributed by atoms with Gasteiger partial charge in [-0.15, -0.1) is 0 Å². The minimum atomic E-state index is -2.05. The molecule has 2 aliphatic heterocycles. The number of carbonyl (C=O) groups is 6. The van der Waals surface area contributed by atoms with E-state index in [1.54, 1.807) is 0 Å². The molecule has 0 saturated carbocycles. The lowest BCUT2D eigenvalue weighted by Crippen LogP contribution is -2.73.